The monoisotopic (exact) mass is 619 g/mol. The molecule has 0 saturated heterocycles. The van der Waals surface area contributed by atoms with Crippen LogP contribution in [-0.4, -0.2) is 0 Å². The van der Waals surface area contributed by atoms with Gasteiger partial charge >= 0.3 is 6.18 Å². The standard InChI is InChI=1S/C36H13F4N7/c1-17-6-7-19(10-18(17)2)29-30(26(15-43)45-3)23-12-22-24(14-42)28(20-8-9-25(36(38,39)40)21(11-20)13-41)33(27(16-44)46-4)31(22)34(37)32(23)35(29)47-5/h6-12H,1-2H3/b30-26-,33-27-. The summed E-state index contributed by atoms with van der Waals surface area (Å²) in [6.45, 7) is 27.0. The maximum absolute atomic E-state index is 17.1. The highest BCUT2D eigenvalue weighted by Crippen LogP contribution is 2.56. The minimum absolute atomic E-state index is 0.0586. The van der Waals surface area contributed by atoms with Gasteiger partial charge in [-0.2, -0.15) is 23.7 Å². The van der Waals surface area contributed by atoms with Crippen molar-refractivity contribution in [3.05, 3.63) is 150 Å². The zero-order valence-corrected chi connectivity index (χ0v) is 24.2. The zero-order chi connectivity index (χ0) is 34.4. The van der Waals surface area contributed by atoms with Gasteiger partial charge in [0.2, 0.25) is 5.70 Å². The lowest BCUT2D eigenvalue weighted by Gasteiger charge is -2.14. The van der Waals surface area contributed by atoms with Crippen LogP contribution in [0.1, 0.15) is 55.6 Å². The van der Waals surface area contributed by atoms with Gasteiger partial charge in [0.15, 0.2) is 0 Å². The molecule has 0 fully saturated rings. The third-order valence-electron chi connectivity index (χ3n) is 7.94. The summed E-state index contributed by atoms with van der Waals surface area (Å²) in [7, 11) is 0. The van der Waals surface area contributed by atoms with Crippen LogP contribution >= 0.6 is 0 Å². The van der Waals surface area contributed by atoms with E-state index < -0.39 is 45.7 Å². The molecule has 0 saturated carbocycles. The highest BCUT2D eigenvalue weighted by molar-refractivity contribution is 6.29. The molecular weight excluding hydrogens is 606 g/mol. The molecular formula is C36H13F4N7. The molecule has 11 heteroatoms. The summed E-state index contributed by atoms with van der Waals surface area (Å²) < 4.78 is 57.9. The summed E-state index contributed by atoms with van der Waals surface area (Å²) in [6.07, 6.45) is -4.89. The maximum atomic E-state index is 17.1. The van der Waals surface area contributed by atoms with Gasteiger partial charge in [-0.3, -0.25) is 0 Å². The molecule has 7 nitrogen and oxygen atoms in total. The van der Waals surface area contributed by atoms with Crippen LogP contribution in [0, 0.1) is 84.7 Å². The molecule has 0 bridgehead atoms. The molecule has 0 heterocycles. The number of aryl methyl sites for hydroxylation is 2. The molecule has 5 rings (SSSR count). The van der Waals surface area contributed by atoms with Crippen molar-refractivity contribution in [2.24, 2.45) is 0 Å². The van der Waals surface area contributed by atoms with E-state index in [4.69, 9.17) is 19.7 Å². The third-order valence-corrected chi connectivity index (χ3v) is 7.94. The van der Waals surface area contributed by atoms with Crippen molar-refractivity contribution in [1.82, 2.24) is 0 Å². The second-order valence-electron chi connectivity index (χ2n) is 10.3. The Hall–Kier alpha value is -7.23. The van der Waals surface area contributed by atoms with Crippen LogP contribution in [0.15, 0.2) is 53.9 Å². The topological polar surface area (TPSA) is 108 Å². The lowest BCUT2D eigenvalue weighted by Crippen LogP contribution is -2.08. The molecule has 220 valence electrons. The molecule has 0 N–H and O–H groups in total. The number of nitriles is 4. The molecule has 3 aromatic carbocycles. The molecule has 0 spiro atoms. The van der Waals surface area contributed by atoms with Crippen LogP contribution in [0.5, 0.6) is 0 Å². The lowest BCUT2D eigenvalue weighted by molar-refractivity contribution is -0.137. The predicted molar refractivity (Wildman–Crippen MR) is 163 cm³/mol. The van der Waals surface area contributed by atoms with Crippen molar-refractivity contribution < 1.29 is 17.6 Å². The number of nitrogens with zero attached hydrogens (tertiary/aromatic N) is 7. The van der Waals surface area contributed by atoms with Crippen LogP contribution in [0.4, 0.5) is 17.6 Å². The van der Waals surface area contributed by atoms with E-state index >= 15 is 4.39 Å². The first-order valence-corrected chi connectivity index (χ1v) is 13.3. The zero-order valence-electron chi connectivity index (χ0n) is 24.2. The Morgan fingerprint density at radius 2 is 1.34 bits per heavy atom. The summed E-state index contributed by atoms with van der Waals surface area (Å²) in [6, 6.07) is 15.7. The van der Waals surface area contributed by atoms with E-state index in [1.54, 1.807) is 30.3 Å². The van der Waals surface area contributed by atoms with E-state index in [1.807, 2.05) is 19.9 Å². The van der Waals surface area contributed by atoms with Gasteiger partial charge in [0.25, 0.3) is 11.4 Å². The van der Waals surface area contributed by atoms with Gasteiger partial charge in [-0.15, -0.1) is 0 Å². The average molecular weight is 620 g/mol. The quantitative estimate of drug-likeness (QED) is 0.162. The molecule has 47 heavy (non-hydrogen) atoms. The Bertz CT molecular complexity index is 2410. The molecule has 2 aliphatic carbocycles. The van der Waals surface area contributed by atoms with Crippen molar-refractivity contribution in [3.8, 4) is 24.3 Å². The van der Waals surface area contributed by atoms with Crippen LogP contribution < -0.4 is 0 Å². The first kappa shape index (κ1) is 31.2. The van der Waals surface area contributed by atoms with E-state index in [0.717, 1.165) is 23.3 Å². The van der Waals surface area contributed by atoms with E-state index in [0.29, 0.717) is 11.6 Å². The fourth-order valence-electron chi connectivity index (χ4n) is 5.77. The number of halogens is 4. The minimum atomic E-state index is -4.89. The number of benzene rings is 3. The minimum Gasteiger partial charge on any atom is -0.237 e. The summed E-state index contributed by atoms with van der Waals surface area (Å²) in [5, 5.41) is 39.7. The first-order valence-electron chi connectivity index (χ1n) is 13.3. The SMILES string of the molecule is [C-]#[N+]C1=C(c2ccc(C)c(C)c2)/C(=C(/C#N)[N+]#[C-])c2cc3c(c(F)c21)/C(=C(/C#N)[N+]#[C-])C(c1ccc(C(F)(F)F)c(C#N)c1)=C3C#N. The highest BCUT2D eigenvalue weighted by atomic mass is 19.4. The molecule has 3 aromatic rings. The van der Waals surface area contributed by atoms with Gasteiger partial charge < -0.3 is 0 Å². The smallest absolute Gasteiger partial charge is 0.237 e. The second-order valence-corrected chi connectivity index (χ2v) is 10.3. The number of hydrogen-bond acceptors (Lipinski definition) is 4. The Morgan fingerprint density at radius 3 is 1.87 bits per heavy atom. The Balaban J connectivity index is 1.96. The Kier molecular flexibility index (Phi) is 7.54. The maximum Gasteiger partial charge on any atom is 0.417 e. The highest BCUT2D eigenvalue weighted by Gasteiger charge is 2.41. The Labute approximate surface area is 265 Å². The summed E-state index contributed by atoms with van der Waals surface area (Å²) in [4.78, 5) is 10.1. The van der Waals surface area contributed by atoms with E-state index in [-0.39, 0.29) is 50.2 Å². The normalized spacial score (nSPS) is 15.2. The molecule has 2 aliphatic rings. The third kappa shape index (κ3) is 4.60. The van der Waals surface area contributed by atoms with Crippen LogP contribution in [-0.2, 0) is 6.18 Å². The van der Waals surface area contributed by atoms with Crippen LogP contribution in [0.2, 0.25) is 0 Å². The number of fused-ring (bicyclic) bond motifs is 2. The van der Waals surface area contributed by atoms with E-state index in [9.17, 15) is 34.2 Å². The van der Waals surface area contributed by atoms with Crippen molar-refractivity contribution >= 4 is 33.6 Å². The van der Waals surface area contributed by atoms with Crippen molar-refractivity contribution in [2.45, 2.75) is 20.0 Å². The Morgan fingerprint density at radius 1 is 0.723 bits per heavy atom. The van der Waals surface area contributed by atoms with E-state index in [2.05, 4.69) is 14.5 Å². The average Bonchev–Trinajstić information content (AvgIpc) is 3.56. The van der Waals surface area contributed by atoms with Crippen molar-refractivity contribution in [2.75, 3.05) is 0 Å². The number of allylic oxidation sites excluding steroid dienone is 7. The predicted octanol–water partition coefficient (Wildman–Crippen LogP) is 8.89. The van der Waals surface area contributed by atoms with Gasteiger partial charge in [-0.05, 0) is 76.6 Å². The second kappa shape index (κ2) is 11.4. The van der Waals surface area contributed by atoms with Gasteiger partial charge in [0.05, 0.1) is 54.6 Å². The fourth-order valence-corrected chi connectivity index (χ4v) is 5.77. The first-order chi connectivity index (χ1) is 22.4. The van der Waals surface area contributed by atoms with E-state index in [1.165, 1.54) is 12.1 Å². The van der Waals surface area contributed by atoms with Gasteiger partial charge in [-0.1, -0.05) is 24.3 Å². The molecule has 0 atom stereocenters. The van der Waals surface area contributed by atoms with Crippen molar-refractivity contribution in [3.63, 3.8) is 0 Å². The summed E-state index contributed by atoms with van der Waals surface area (Å²) in [5.41, 5.74) is -3.46. The van der Waals surface area contributed by atoms with Gasteiger partial charge in [0, 0.05) is 22.3 Å². The van der Waals surface area contributed by atoms with Gasteiger partial charge in [0.1, 0.15) is 11.9 Å². The number of hydrogen-bond donors (Lipinski definition) is 0. The van der Waals surface area contributed by atoms with Gasteiger partial charge in [-0.25, -0.2) is 29.4 Å². The van der Waals surface area contributed by atoms with Crippen molar-refractivity contribution in [1.29, 1.82) is 21.0 Å². The number of alkyl halides is 3. The molecule has 0 amide bonds. The van der Waals surface area contributed by atoms with Crippen LogP contribution in [0.3, 0.4) is 0 Å². The summed E-state index contributed by atoms with van der Waals surface area (Å²) >= 11 is 0. The largest absolute Gasteiger partial charge is 0.417 e. The van der Waals surface area contributed by atoms with Crippen LogP contribution in [0.25, 0.3) is 48.1 Å². The molecule has 0 unspecified atom stereocenters. The summed E-state index contributed by atoms with van der Waals surface area (Å²) in [5.74, 6) is -1.14. The molecule has 0 aliphatic heterocycles. The number of rotatable bonds is 2. The fraction of sp³-hybridized carbons (Fsp3) is 0.0833. The molecule has 0 aromatic heterocycles. The lowest BCUT2D eigenvalue weighted by atomic mass is 9.90. The molecule has 0 radical (unpaired) electrons.